The molecule has 9 heteroatoms. The van der Waals surface area contributed by atoms with Crippen LogP contribution in [0.25, 0.3) is 0 Å². The zero-order valence-electron chi connectivity index (χ0n) is 11.8. The molecular formula is C14H13ClF3NO3S. The predicted molar refractivity (Wildman–Crippen MR) is 79.5 cm³/mol. The number of nitrogens with zero attached hydrogens (tertiary/aromatic N) is 1. The SMILES string of the molecule is O=C(CSc1ccc(Cl)cc1)N1CCC(C(=O)O)(C(F)(F)F)C1. The Morgan fingerprint density at radius 2 is 1.91 bits per heavy atom. The lowest BCUT2D eigenvalue weighted by Crippen LogP contribution is -2.47. The summed E-state index contributed by atoms with van der Waals surface area (Å²) in [5, 5.41) is 9.50. The number of halogens is 4. The van der Waals surface area contributed by atoms with Crippen molar-refractivity contribution in [2.75, 3.05) is 18.8 Å². The van der Waals surface area contributed by atoms with Crippen molar-refractivity contribution in [3.05, 3.63) is 29.3 Å². The minimum absolute atomic E-state index is 0.0603. The fraction of sp³-hybridized carbons (Fsp3) is 0.429. The lowest BCUT2D eigenvalue weighted by atomic mass is 9.86. The Labute approximate surface area is 139 Å². The van der Waals surface area contributed by atoms with Crippen LogP contribution < -0.4 is 0 Å². The number of hydrogen-bond acceptors (Lipinski definition) is 3. The first kappa shape index (κ1) is 17.9. The number of amides is 1. The number of hydrogen-bond donors (Lipinski definition) is 1. The number of aliphatic carboxylic acids is 1. The Hall–Kier alpha value is -1.41. The number of carbonyl (C=O) groups is 2. The van der Waals surface area contributed by atoms with E-state index in [0.717, 1.165) is 21.6 Å². The van der Waals surface area contributed by atoms with Crippen LogP contribution in [0.2, 0.25) is 5.02 Å². The van der Waals surface area contributed by atoms with Crippen molar-refractivity contribution in [1.82, 2.24) is 4.90 Å². The van der Waals surface area contributed by atoms with Crippen molar-refractivity contribution in [2.24, 2.45) is 5.41 Å². The number of likely N-dealkylation sites (tertiary alicyclic amines) is 1. The molecule has 2 rings (SSSR count). The molecule has 0 spiro atoms. The maximum atomic E-state index is 13.1. The highest BCUT2D eigenvalue weighted by atomic mass is 35.5. The van der Waals surface area contributed by atoms with Crippen LogP contribution in [0.4, 0.5) is 13.2 Å². The van der Waals surface area contributed by atoms with Gasteiger partial charge in [-0.1, -0.05) is 11.6 Å². The molecule has 126 valence electrons. The van der Waals surface area contributed by atoms with E-state index in [4.69, 9.17) is 16.7 Å². The molecule has 1 atom stereocenters. The number of thioether (sulfide) groups is 1. The van der Waals surface area contributed by atoms with E-state index in [9.17, 15) is 22.8 Å². The molecule has 1 amide bonds. The second kappa shape index (κ2) is 6.60. The van der Waals surface area contributed by atoms with Gasteiger partial charge in [-0.2, -0.15) is 13.2 Å². The summed E-state index contributed by atoms with van der Waals surface area (Å²) in [6.45, 7) is -1.06. The van der Waals surface area contributed by atoms with Gasteiger partial charge in [-0.15, -0.1) is 11.8 Å². The van der Waals surface area contributed by atoms with Crippen LogP contribution in [0.15, 0.2) is 29.2 Å². The van der Waals surface area contributed by atoms with Crippen LogP contribution in [0.3, 0.4) is 0 Å². The minimum atomic E-state index is -4.89. The summed E-state index contributed by atoms with van der Waals surface area (Å²) in [5.74, 6) is -2.52. The number of benzene rings is 1. The van der Waals surface area contributed by atoms with E-state index < -0.39 is 36.4 Å². The van der Waals surface area contributed by atoms with Gasteiger partial charge in [-0.25, -0.2) is 0 Å². The Morgan fingerprint density at radius 1 is 1.30 bits per heavy atom. The maximum absolute atomic E-state index is 13.1. The first-order chi connectivity index (χ1) is 10.7. The van der Waals surface area contributed by atoms with E-state index >= 15 is 0 Å². The summed E-state index contributed by atoms with van der Waals surface area (Å²) in [5.41, 5.74) is -2.87. The Morgan fingerprint density at radius 3 is 2.39 bits per heavy atom. The van der Waals surface area contributed by atoms with E-state index in [1.807, 2.05) is 0 Å². The fourth-order valence-electron chi connectivity index (χ4n) is 2.32. The average Bonchev–Trinajstić information content (AvgIpc) is 2.93. The van der Waals surface area contributed by atoms with E-state index in [0.29, 0.717) is 5.02 Å². The molecule has 1 N–H and O–H groups in total. The summed E-state index contributed by atoms with van der Waals surface area (Å²) >= 11 is 6.90. The van der Waals surface area contributed by atoms with Crippen molar-refractivity contribution in [1.29, 1.82) is 0 Å². The van der Waals surface area contributed by atoms with Gasteiger partial charge in [0.05, 0.1) is 5.75 Å². The van der Waals surface area contributed by atoms with Gasteiger partial charge in [0.2, 0.25) is 5.91 Å². The highest BCUT2D eigenvalue weighted by Crippen LogP contribution is 2.45. The normalized spacial score (nSPS) is 21.5. The van der Waals surface area contributed by atoms with Crippen molar-refractivity contribution in [3.63, 3.8) is 0 Å². The fourth-order valence-corrected chi connectivity index (χ4v) is 3.24. The summed E-state index contributed by atoms with van der Waals surface area (Å²) in [4.78, 5) is 24.8. The van der Waals surface area contributed by atoms with Gasteiger partial charge in [-0.05, 0) is 30.7 Å². The zero-order valence-corrected chi connectivity index (χ0v) is 13.3. The third-order valence-electron chi connectivity index (χ3n) is 3.75. The predicted octanol–water partition coefficient (Wildman–Crippen LogP) is 3.30. The van der Waals surface area contributed by atoms with Gasteiger partial charge in [0, 0.05) is 23.0 Å². The number of carbonyl (C=O) groups excluding carboxylic acids is 1. The van der Waals surface area contributed by atoms with Gasteiger partial charge in [0.25, 0.3) is 0 Å². The highest BCUT2D eigenvalue weighted by molar-refractivity contribution is 8.00. The molecule has 1 heterocycles. The van der Waals surface area contributed by atoms with Crippen LogP contribution in [-0.2, 0) is 9.59 Å². The largest absolute Gasteiger partial charge is 0.481 e. The van der Waals surface area contributed by atoms with E-state index in [1.165, 1.54) is 0 Å². The minimum Gasteiger partial charge on any atom is -0.481 e. The lowest BCUT2D eigenvalue weighted by molar-refractivity contribution is -0.227. The molecule has 1 saturated heterocycles. The molecule has 4 nitrogen and oxygen atoms in total. The second-order valence-electron chi connectivity index (χ2n) is 5.19. The average molecular weight is 368 g/mol. The molecule has 1 unspecified atom stereocenters. The highest BCUT2D eigenvalue weighted by Gasteiger charge is 2.64. The summed E-state index contributed by atoms with van der Waals surface area (Å²) < 4.78 is 39.2. The first-order valence-corrected chi connectivity index (χ1v) is 7.98. The maximum Gasteiger partial charge on any atom is 0.406 e. The van der Waals surface area contributed by atoms with Crippen molar-refractivity contribution in [3.8, 4) is 0 Å². The number of carboxylic acids is 1. The van der Waals surface area contributed by atoms with Gasteiger partial charge in [0.1, 0.15) is 0 Å². The Balaban J connectivity index is 1.99. The van der Waals surface area contributed by atoms with Crippen LogP contribution >= 0.6 is 23.4 Å². The molecule has 1 aliphatic heterocycles. The molecule has 1 aromatic carbocycles. The number of rotatable bonds is 4. The topological polar surface area (TPSA) is 57.6 Å². The van der Waals surface area contributed by atoms with Crippen LogP contribution in [0.1, 0.15) is 6.42 Å². The van der Waals surface area contributed by atoms with Crippen molar-refractivity contribution in [2.45, 2.75) is 17.5 Å². The molecule has 0 aromatic heterocycles. The second-order valence-corrected chi connectivity index (χ2v) is 6.68. The zero-order chi connectivity index (χ0) is 17.3. The standard InChI is InChI=1S/C14H13ClF3NO3S/c15-9-1-3-10(4-2-9)23-7-11(20)19-6-5-13(8-19,12(21)22)14(16,17)18/h1-4H,5-8H2,(H,21,22). The molecule has 23 heavy (non-hydrogen) atoms. The van der Waals surface area contributed by atoms with Crippen molar-refractivity contribution >= 4 is 35.2 Å². The van der Waals surface area contributed by atoms with Gasteiger partial charge in [-0.3, -0.25) is 9.59 Å². The molecule has 0 radical (unpaired) electrons. The number of alkyl halides is 3. The lowest BCUT2D eigenvalue weighted by Gasteiger charge is -2.27. The van der Waals surface area contributed by atoms with Gasteiger partial charge in [0.15, 0.2) is 5.41 Å². The van der Waals surface area contributed by atoms with E-state index in [1.54, 1.807) is 24.3 Å². The quantitative estimate of drug-likeness (QED) is 0.830. The van der Waals surface area contributed by atoms with Crippen LogP contribution in [0.5, 0.6) is 0 Å². The third-order valence-corrected chi connectivity index (χ3v) is 5.00. The molecule has 1 aliphatic rings. The molecule has 0 aliphatic carbocycles. The molecule has 0 saturated carbocycles. The molecule has 0 bridgehead atoms. The summed E-state index contributed by atoms with van der Waals surface area (Å²) in [6.07, 6.45) is -5.51. The van der Waals surface area contributed by atoms with Gasteiger partial charge >= 0.3 is 12.1 Å². The smallest absolute Gasteiger partial charge is 0.406 e. The molecular weight excluding hydrogens is 355 g/mol. The van der Waals surface area contributed by atoms with Gasteiger partial charge < -0.3 is 10.0 Å². The summed E-state index contributed by atoms with van der Waals surface area (Å²) in [6, 6.07) is 6.68. The first-order valence-electron chi connectivity index (χ1n) is 6.62. The Bertz CT molecular complexity index is 608. The number of carboxylic acid groups (broad SMARTS) is 1. The van der Waals surface area contributed by atoms with Crippen LogP contribution in [0, 0.1) is 5.41 Å². The third kappa shape index (κ3) is 3.74. The van der Waals surface area contributed by atoms with Crippen molar-refractivity contribution < 1.29 is 27.9 Å². The Kier molecular flexibility index (Phi) is 5.15. The van der Waals surface area contributed by atoms with Crippen LogP contribution in [-0.4, -0.2) is 46.9 Å². The molecule has 1 fully saturated rings. The molecule has 1 aromatic rings. The van der Waals surface area contributed by atoms with E-state index in [2.05, 4.69) is 0 Å². The summed E-state index contributed by atoms with van der Waals surface area (Å²) in [7, 11) is 0. The monoisotopic (exact) mass is 367 g/mol. The van der Waals surface area contributed by atoms with E-state index in [-0.39, 0.29) is 12.3 Å².